The first-order valence-electron chi connectivity index (χ1n) is 7.53. The van der Waals surface area contributed by atoms with Gasteiger partial charge in [-0.25, -0.2) is 4.68 Å². The summed E-state index contributed by atoms with van der Waals surface area (Å²) in [4.78, 5) is 12.4. The van der Waals surface area contributed by atoms with E-state index in [1.807, 2.05) is 27.8 Å². The molecule has 1 unspecified atom stereocenters. The summed E-state index contributed by atoms with van der Waals surface area (Å²) in [5, 5.41) is 19.3. The molecule has 0 spiro atoms. The molecule has 1 amide bonds. The van der Waals surface area contributed by atoms with Gasteiger partial charge in [-0.15, -0.1) is 5.10 Å². The van der Waals surface area contributed by atoms with Crippen molar-refractivity contribution in [2.45, 2.75) is 51.6 Å². The van der Waals surface area contributed by atoms with Gasteiger partial charge in [0.15, 0.2) is 0 Å². The van der Waals surface area contributed by atoms with Crippen LogP contribution < -0.4 is 5.32 Å². The number of nitrogens with one attached hydrogen (secondary N) is 1. The summed E-state index contributed by atoms with van der Waals surface area (Å²) >= 11 is 1.35. The highest BCUT2D eigenvalue weighted by Gasteiger charge is 2.21. The van der Waals surface area contributed by atoms with Crippen molar-refractivity contribution >= 4 is 23.4 Å². The summed E-state index contributed by atoms with van der Waals surface area (Å²) in [6, 6.07) is 0. The first kappa shape index (κ1) is 17.5. The number of anilines is 1. The summed E-state index contributed by atoms with van der Waals surface area (Å²) in [5.41, 5.74) is 2.50. The summed E-state index contributed by atoms with van der Waals surface area (Å²) in [7, 11) is 1.86. The number of hydrogen-bond donors (Lipinski definition) is 1. The van der Waals surface area contributed by atoms with Gasteiger partial charge in [0.05, 0.1) is 22.3 Å². The monoisotopic (exact) mass is 337 g/mol. The predicted molar refractivity (Wildman–Crippen MR) is 89.3 cm³/mol. The maximum absolute atomic E-state index is 12.4. The number of carbonyl (C=O) groups excluding carboxylic acids is 1. The van der Waals surface area contributed by atoms with Gasteiger partial charge in [-0.05, 0) is 37.1 Å². The minimum atomic E-state index is -0.314. The third-order valence-electron chi connectivity index (χ3n) is 3.45. The fourth-order valence-electron chi connectivity index (χ4n) is 2.13. The second-order valence-corrected chi connectivity index (χ2v) is 7.26. The van der Waals surface area contributed by atoms with Gasteiger partial charge in [0, 0.05) is 13.6 Å². The number of thioether (sulfide) groups is 1. The number of rotatable bonds is 6. The fraction of sp³-hybridized carbons (Fsp3) is 0.643. The van der Waals surface area contributed by atoms with Crippen LogP contribution in [-0.2, 0) is 18.4 Å². The molecule has 126 valence electrons. The maximum Gasteiger partial charge on any atom is 0.237 e. The molecule has 2 rings (SSSR count). The molecule has 2 heterocycles. The Morgan fingerprint density at radius 3 is 2.57 bits per heavy atom. The second-order valence-electron chi connectivity index (χ2n) is 5.96. The van der Waals surface area contributed by atoms with Crippen molar-refractivity contribution < 1.29 is 4.79 Å². The maximum atomic E-state index is 12.4. The molecule has 0 bridgehead atoms. The zero-order valence-electron chi connectivity index (χ0n) is 14.4. The summed E-state index contributed by atoms with van der Waals surface area (Å²) in [5.74, 6) is 0.343. The van der Waals surface area contributed by atoms with Gasteiger partial charge in [0.25, 0.3) is 0 Å². The Morgan fingerprint density at radius 1 is 1.30 bits per heavy atom. The molecule has 2 aromatic heterocycles. The Balaban J connectivity index is 2.04. The van der Waals surface area contributed by atoms with Crippen LogP contribution in [0.3, 0.4) is 0 Å². The van der Waals surface area contributed by atoms with Crippen molar-refractivity contribution in [2.75, 3.05) is 5.32 Å². The van der Waals surface area contributed by atoms with Gasteiger partial charge in [-0.1, -0.05) is 25.6 Å². The number of aryl methyl sites for hydroxylation is 2. The molecule has 23 heavy (non-hydrogen) atoms. The molecule has 9 heteroatoms. The van der Waals surface area contributed by atoms with E-state index in [1.165, 1.54) is 11.8 Å². The van der Waals surface area contributed by atoms with E-state index in [1.54, 1.807) is 9.36 Å². The Hall–Kier alpha value is -1.90. The molecular weight excluding hydrogens is 314 g/mol. The summed E-state index contributed by atoms with van der Waals surface area (Å²) < 4.78 is 3.49. The number of aromatic nitrogens is 6. The highest BCUT2D eigenvalue weighted by Crippen LogP contribution is 2.24. The zero-order chi connectivity index (χ0) is 17.1. The number of hydrogen-bond acceptors (Lipinski definition) is 6. The van der Waals surface area contributed by atoms with E-state index >= 15 is 0 Å². The lowest BCUT2D eigenvalue weighted by atomic mass is 10.2. The van der Waals surface area contributed by atoms with E-state index in [0.717, 1.165) is 23.6 Å². The van der Waals surface area contributed by atoms with Crippen LogP contribution in [0.4, 0.5) is 5.69 Å². The van der Waals surface area contributed by atoms with Crippen LogP contribution >= 0.6 is 11.8 Å². The molecule has 0 fully saturated rings. The Kier molecular flexibility index (Phi) is 5.40. The molecule has 0 aromatic carbocycles. The van der Waals surface area contributed by atoms with Crippen molar-refractivity contribution in [3.8, 4) is 0 Å². The topological polar surface area (TPSA) is 90.5 Å². The molecule has 2 aromatic rings. The van der Waals surface area contributed by atoms with Gasteiger partial charge in [-0.2, -0.15) is 5.10 Å². The van der Waals surface area contributed by atoms with E-state index in [9.17, 15) is 4.79 Å². The predicted octanol–water partition coefficient (Wildman–Crippen LogP) is 1.80. The second kappa shape index (κ2) is 7.12. The SMILES string of the molecule is Cc1nn(C)c(C)c1NC(=O)C(C)Sc1nnnn1CC(C)C. The number of nitrogens with zero attached hydrogens (tertiary/aromatic N) is 6. The van der Waals surface area contributed by atoms with Crippen LogP contribution in [0.1, 0.15) is 32.2 Å². The van der Waals surface area contributed by atoms with Gasteiger partial charge in [0.1, 0.15) is 0 Å². The molecule has 0 aliphatic rings. The third kappa shape index (κ3) is 4.10. The van der Waals surface area contributed by atoms with Crippen LogP contribution in [0.2, 0.25) is 0 Å². The smallest absolute Gasteiger partial charge is 0.237 e. The molecule has 0 saturated carbocycles. The van der Waals surface area contributed by atoms with Crippen LogP contribution in [0.15, 0.2) is 5.16 Å². The Morgan fingerprint density at radius 2 is 2.00 bits per heavy atom. The van der Waals surface area contributed by atoms with Crippen molar-refractivity contribution in [3.63, 3.8) is 0 Å². The first-order valence-corrected chi connectivity index (χ1v) is 8.41. The zero-order valence-corrected chi connectivity index (χ0v) is 15.2. The molecular formula is C14H23N7OS. The fourth-order valence-corrected chi connectivity index (χ4v) is 2.93. The van der Waals surface area contributed by atoms with Crippen molar-refractivity contribution in [3.05, 3.63) is 11.4 Å². The Labute approximate surface area is 140 Å². The largest absolute Gasteiger partial charge is 0.322 e. The average Bonchev–Trinajstić information content (AvgIpc) is 2.98. The van der Waals surface area contributed by atoms with E-state index in [-0.39, 0.29) is 11.2 Å². The normalized spacial score (nSPS) is 12.7. The third-order valence-corrected chi connectivity index (χ3v) is 4.52. The lowest BCUT2D eigenvalue weighted by Gasteiger charge is -2.12. The van der Waals surface area contributed by atoms with Crippen LogP contribution in [0.25, 0.3) is 0 Å². The molecule has 0 aliphatic carbocycles. The quantitative estimate of drug-likeness (QED) is 0.808. The molecule has 0 saturated heterocycles. The lowest BCUT2D eigenvalue weighted by Crippen LogP contribution is -2.23. The standard InChI is InChI=1S/C14H23N7OS/c1-8(2)7-21-14(16-18-19-21)23-11(5)13(22)15-12-9(3)17-20(6)10(12)4/h8,11H,7H2,1-6H3,(H,15,22). The van der Waals surface area contributed by atoms with Gasteiger partial charge in [-0.3, -0.25) is 9.48 Å². The summed E-state index contributed by atoms with van der Waals surface area (Å²) in [6.07, 6.45) is 0. The number of amides is 1. The van der Waals surface area contributed by atoms with Crippen molar-refractivity contribution in [1.29, 1.82) is 0 Å². The molecule has 1 atom stereocenters. The minimum Gasteiger partial charge on any atom is -0.322 e. The van der Waals surface area contributed by atoms with Crippen LogP contribution in [0, 0.1) is 19.8 Å². The number of carbonyl (C=O) groups is 1. The van der Waals surface area contributed by atoms with Crippen molar-refractivity contribution in [2.24, 2.45) is 13.0 Å². The molecule has 0 aliphatic heterocycles. The Bertz CT molecular complexity index is 691. The van der Waals surface area contributed by atoms with Gasteiger partial charge < -0.3 is 5.32 Å². The highest BCUT2D eigenvalue weighted by molar-refractivity contribution is 8.00. The van der Waals surface area contributed by atoms with E-state index < -0.39 is 0 Å². The van der Waals surface area contributed by atoms with Crippen LogP contribution in [0.5, 0.6) is 0 Å². The van der Waals surface area contributed by atoms with E-state index in [0.29, 0.717) is 11.1 Å². The van der Waals surface area contributed by atoms with Gasteiger partial charge >= 0.3 is 0 Å². The molecule has 0 radical (unpaired) electrons. The van der Waals surface area contributed by atoms with Crippen LogP contribution in [-0.4, -0.2) is 41.1 Å². The van der Waals surface area contributed by atoms with Crippen molar-refractivity contribution in [1.82, 2.24) is 30.0 Å². The first-order chi connectivity index (χ1) is 10.8. The number of tetrazole rings is 1. The summed E-state index contributed by atoms with van der Waals surface area (Å²) in [6.45, 7) is 10.6. The van der Waals surface area contributed by atoms with E-state index in [2.05, 4.69) is 39.8 Å². The van der Waals surface area contributed by atoms with Gasteiger partial charge in [0.2, 0.25) is 11.1 Å². The minimum absolute atomic E-state index is 0.0895. The highest BCUT2D eigenvalue weighted by atomic mass is 32.2. The van der Waals surface area contributed by atoms with E-state index in [4.69, 9.17) is 0 Å². The lowest BCUT2D eigenvalue weighted by molar-refractivity contribution is -0.115. The molecule has 8 nitrogen and oxygen atoms in total. The average molecular weight is 337 g/mol. The molecule has 1 N–H and O–H groups in total.